The Morgan fingerprint density at radius 2 is 2.26 bits per heavy atom. The van der Waals surface area contributed by atoms with E-state index in [2.05, 4.69) is 20.3 Å². The van der Waals surface area contributed by atoms with E-state index < -0.39 is 0 Å². The fourth-order valence-corrected chi connectivity index (χ4v) is 2.76. The molecular weight excluding hydrogens is 316 g/mol. The largest absolute Gasteiger partial charge is 0.506 e. The number of phenols is 1. The number of aromatic amines is 1. The zero-order valence-electron chi connectivity index (χ0n) is 11.6. The second-order valence-electron chi connectivity index (χ2n) is 4.71. The van der Waals surface area contributed by atoms with Gasteiger partial charge in [0.1, 0.15) is 16.8 Å². The summed E-state index contributed by atoms with van der Waals surface area (Å²) in [5.41, 5.74) is 1.08. The first-order chi connectivity index (χ1) is 11.2. The second-order valence-corrected chi connectivity index (χ2v) is 5.60. The van der Waals surface area contributed by atoms with Crippen LogP contribution in [-0.2, 0) is 0 Å². The van der Waals surface area contributed by atoms with Crippen molar-refractivity contribution in [3.05, 3.63) is 47.7 Å². The number of rotatable bonds is 3. The average Bonchev–Trinajstić information content (AvgIpc) is 3.28. The van der Waals surface area contributed by atoms with Crippen LogP contribution in [0.25, 0.3) is 22.6 Å². The minimum Gasteiger partial charge on any atom is -0.506 e. The Kier molecular flexibility index (Phi) is 3.09. The predicted molar refractivity (Wildman–Crippen MR) is 85.5 cm³/mol. The van der Waals surface area contributed by atoms with Crippen molar-refractivity contribution in [3.63, 3.8) is 0 Å². The number of amides is 1. The number of nitrogens with zero attached hydrogens (tertiary/aromatic N) is 2. The molecule has 23 heavy (non-hydrogen) atoms. The molecule has 0 atom stereocenters. The number of nitrogens with one attached hydrogen (secondary N) is 2. The Hall–Kier alpha value is -3.13. The van der Waals surface area contributed by atoms with Crippen molar-refractivity contribution in [2.24, 2.45) is 0 Å². The molecular formula is C15H10N4O3S. The lowest BCUT2D eigenvalue weighted by atomic mass is 10.1. The molecule has 1 amide bonds. The number of hydrogen-bond donors (Lipinski definition) is 3. The minimum atomic E-state index is -0.345. The molecule has 0 bridgehead atoms. The summed E-state index contributed by atoms with van der Waals surface area (Å²) < 4.78 is 5.29. The average molecular weight is 326 g/mol. The number of imidazole rings is 1. The number of thiazole rings is 1. The monoisotopic (exact) mass is 326 g/mol. The molecule has 4 aromatic rings. The summed E-state index contributed by atoms with van der Waals surface area (Å²) in [7, 11) is 0. The number of H-pyrrole nitrogens is 1. The highest BCUT2D eigenvalue weighted by molar-refractivity contribution is 7.13. The molecule has 0 fully saturated rings. The highest BCUT2D eigenvalue weighted by atomic mass is 32.1. The van der Waals surface area contributed by atoms with E-state index in [9.17, 15) is 9.90 Å². The lowest BCUT2D eigenvalue weighted by Gasteiger charge is -2.03. The summed E-state index contributed by atoms with van der Waals surface area (Å²) in [6, 6.07) is 6.44. The first-order valence-electron chi connectivity index (χ1n) is 6.69. The van der Waals surface area contributed by atoms with Crippen LogP contribution in [0.4, 0.5) is 5.13 Å². The van der Waals surface area contributed by atoms with Gasteiger partial charge in [-0.15, -0.1) is 11.3 Å². The summed E-state index contributed by atoms with van der Waals surface area (Å²) in [6.45, 7) is 0. The third kappa shape index (κ3) is 2.34. The van der Waals surface area contributed by atoms with Crippen LogP contribution in [0.1, 0.15) is 10.4 Å². The fraction of sp³-hybridized carbons (Fsp3) is 0. The molecule has 0 spiro atoms. The number of carbonyl (C=O) groups is 1. The van der Waals surface area contributed by atoms with Crippen LogP contribution in [0.15, 0.2) is 46.5 Å². The molecule has 4 rings (SSSR count). The molecule has 114 valence electrons. The van der Waals surface area contributed by atoms with Gasteiger partial charge in [-0.25, -0.2) is 9.97 Å². The molecule has 0 saturated heterocycles. The molecule has 0 aliphatic carbocycles. The van der Waals surface area contributed by atoms with E-state index in [-0.39, 0.29) is 11.7 Å². The first-order valence-corrected chi connectivity index (χ1v) is 7.57. The highest BCUT2D eigenvalue weighted by Gasteiger charge is 2.18. The van der Waals surface area contributed by atoms with Gasteiger partial charge in [-0.2, -0.15) is 0 Å². The van der Waals surface area contributed by atoms with Crippen molar-refractivity contribution < 1.29 is 14.3 Å². The van der Waals surface area contributed by atoms with Crippen LogP contribution in [0.3, 0.4) is 0 Å². The van der Waals surface area contributed by atoms with E-state index in [4.69, 9.17) is 4.42 Å². The zero-order valence-corrected chi connectivity index (χ0v) is 12.4. The van der Waals surface area contributed by atoms with Gasteiger partial charge in [0.25, 0.3) is 5.91 Å². The van der Waals surface area contributed by atoms with Crippen LogP contribution in [0, 0.1) is 0 Å². The van der Waals surface area contributed by atoms with Crippen molar-refractivity contribution in [2.75, 3.05) is 5.32 Å². The zero-order chi connectivity index (χ0) is 15.8. The standard InChI is InChI=1S/C15H10N4O3S/c20-9-4-3-8(14(21)19-15-16-5-7-23-15)11-12(9)18-13(17-11)10-2-1-6-22-10/h1-7,20H,(H,17,18)(H,16,19,21). The molecule has 1 aromatic carbocycles. The molecule has 3 N–H and O–H groups in total. The van der Waals surface area contributed by atoms with Crippen LogP contribution >= 0.6 is 11.3 Å². The van der Waals surface area contributed by atoms with Crippen molar-refractivity contribution in [3.8, 4) is 17.3 Å². The Morgan fingerprint density at radius 1 is 1.35 bits per heavy atom. The van der Waals surface area contributed by atoms with Crippen molar-refractivity contribution in [1.82, 2.24) is 15.0 Å². The molecule has 0 aliphatic heterocycles. The van der Waals surface area contributed by atoms with Gasteiger partial charge in [0.15, 0.2) is 16.7 Å². The number of fused-ring (bicyclic) bond motifs is 1. The Labute approximate surface area is 133 Å². The van der Waals surface area contributed by atoms with Crippen LogP contribution < -0.4 is 5.32 Å². The van der Waals surface area contributed by atoms with Gasteiger partial charge < -0.3 is 14.5 Å². The summed E-state index contributed by atoms with van der Waals surface area (Å²) in [4.78, 5) is 23.8. The van der Waals surface area contributed by atoms with Crippen LogP contribution in [0.2, 0.25) is 0 Å². The number of aromatic nitrogens is 3. The molecule has 7 nitrogen and oxygen atoms in total. The number of furan rings is 1. The van der Waals surface area contributed by atoms with Gasteiger partial charge in [-0.3, -0.25) is 10.1 Å². The maximum absolute atomic E-state index is 12.4. The van der Waals surface area contributed by atoms with Gasteiger partial charge in [0.05, 0.1) is 11.8 Å². The molecule has 0 saturated carbocycles. The maximum atomic E-state index is 12.4. The van der Waals surface area contributed by atoms with Gasteiger partial charge in [-0.05, 0) is 24.3 Å². The van der Waals surface area contributed by atoms with Crippen molar-refractivity contribution >= 4 is 33.4 Å². The van der Waals surface area contributed by atoms with E-state index >= 15 is 0 Å². The summed E-state index contributed by atoms with van der Waals surface area (Å²) in [5.74, 6) is 0.625. The SMILES string of the molecule is O=C(Nc1nccs1)c1ccc(O)c2[nH]c(-c3ccco3)nc12. The lowest BCUT2D eigenvalue weighted by molar-refractivity contribution is 0.102. The molecule has 8 heteroatoms. The summed E-state index contributed by atoms with van der Waals surface area (Å²) >= 11 is 1.32. The second kappa shape index (κ2) is 5.25. The fourth-order valence-electron chi connectivity index (χ4n) is 2.24. The Balaban J connectivity index is 1.80. The van der Waals surface area contributed by atoms with Crippen LogP contribution in [0.5, 0.6) is 5.75 Å². The normalized spacial score (nSPS) is 11.0. The molecule has 0 radical (unpaired) electrons. The topological polar surface area (TPSA) is 104 Å². The lowest BCUT2D eigenvalue weighted by Crippen LogP contribution is -2.12. The van der Waals surface area contributed by atoms with Gasteiger partial charge in [-0.1, -0.05) is 0 Å². The smallest absolute Gasteiger partial charge is 0.259 e. The predicted octanol–water partition coefficient (Wildman–Crippen LogP) is 3.24. The Bertz CT molecular complexity index is 974. The van der Waals surface area contributed by atoms with Gasteiger partial charge >= 0.3 is 0 Å². The van der Waals surface area contributed by atoms with E-state index in [0.29, 0.717) is 33.3 Å². The van der Waals surface area contributed by atoms with Crippen LogP contribution in [-0.4, -0.2) is 26.0 Å². The number of carbonyl (C=O) groups excluding carboxylic acids is 1. The van der Waals surface area contributed by atoms with E-state index in [0.717, 1.165) is 0 Å². The van der Waals surface area contributed by atoms with Crippen molar-refractivity contribution in [2.45, 2.75) is 0 Å². The third-order valence-corrected chi connectivity index (χ3v) is 3.96. The van der Waals surface area contributed by atoms with Gasteiger partial charge in [0, 0.05) is 11.6 Å². The maximum Gasteiger partial charge on any atom is 0.259 e. The van der Waals surface area contributed by atoms with Crippen molar-refractivity contribution in [1.29, 1.82) is 0 Å². The van der Waals surface area contributed by atoms with E-state index in [1.165, 1.54) is 29.7 Å². The number of aromatic hydroxyl groups is 1. The third-order valence-electron chi connectivity index (χ3n) is 3.27. The minimum absolute atomic E-state index is 0.0103. The summed E-state index contributed by atoms with van der Waals surface area (Å²) in [6.07, 6.45) is 3.13. The molecule has 3 heterocycles. The highest BCUT2D eigenvalue weighted by Crippen LogP contribution is 2.29. The first kappa shape index (κ1) is 13.5. The molecule has 0 aliphatic rings. The van der Waals surface area contributed by atoms with E-state index in [1.54, 1.807) is 23.7 Å². The summed E-state index contributed by atoms with van der Waals surface area (Å²) in [5, 5.41) is 15.0. The number of benzene rings is 1. The molecule has 3 aromatic heterocycles. The van der Waals surface area contributed by atoms with E-state index in [1.807, 2.05) is 0 Å². The quantitative estimate of drug-likeness (QED) is 0.536. The number of hydrogen-bond acceptors (Lipinski definition) is 6. The molecule has 0 unspecified atom stereocenters. The number of anilines is 1. The Morgan fingerprint density at radius 3 is 3.00 bits per heavy atom. The number of phenolic OH excluding ortho intramolecular Hbond substituents is 1. The van der Waals surface area contributed by atoms with Gasteiger partial charge in [0.2, 0.25) is 0 Å².